The fourth-order valence-corrected chi connectivity index (χ4v) is 5.82. The summed E-state index contributed by atoms with van der Waals surface area (Å²) in [5.41, 5.74) is 1.63. The van der Waals surface area contributed by atoms with Crippen LogP contribution in [0.2, 0.25) is 0 Å². The molecule has 0 saturated carbocycles. The molecule has 0 spiro atoms. The number of imide groups is 1. The van der Waals surface area contributed by atoms with Crippen LogP contribution in [0.4, 0.5) is 0 Å². The quantitative estimate of drug-likeness (QED) is 0.324. The van der Waals surface area contributed by atoms with E-state index in [1.807, 2.05) is 60.1 Å². The molecule has 0 aliphatic carbocycles. The number of rotatable bonds is 7. The Morgan fingerprint density at radius 2 is 1.90 bits per heavy atom. The molecular weight excluding hydrogens is 450 g/mol. The molecule has 4 aromatic rings. The molecule has 0 fully saturated rings. The number of thioether (sulfide) groups is 1. The van der Waals surface area contributed by atoms with E-state index < -0.39 is 5.91 Å². The van der Waals surface area contributed by atoms with Crippen LogP contribution in [0.5, 0.6) is 0 Å². The Labute approximate surface area is 191 Å². The Balaban J connectivity index is 1.49. The minimum absolute atomic E-state index is 0.00162. The Morgan fingerprint density at radius 3 is 2.61 bits per heavy atom. The molecule has 1 aromatic carbocycles. The molecule has 0 atom stereocenters. The summed E-state index contributed by atoms with van der Waals surface area (Å²) < 4.78 is 1.58. The zero-order valence-electron chi connectivity index (χ0n) is 16.7. The van der Waals surface area contributed by atoms with E-state index in [0.29, 0.717) is 21.9 Å². The molecular formula is C22H19N3O3S3. The van der Waals surface area contributed by atoms with Crippen molar-refractivity contribution in [1.82, 2.24) is 14.9 Å². The smallest absolute Gasteiger partial charge is 0.263 e. The fourth-order valence-electron chi connectivity index (χ4n) is 3.16. The van der Waals surface area contributed by atoms with Crippen LogP contribution in [-0.4, -0.2) is 27.1 Å². The molecule has 0 bridgehead atoms. The predicted molar refractivity (Wildman–Crippen MR) is 127 cm³/mol. The summed E-state index contributed by atoms with van der Waals surface area (Å²) >= 11 is 4.16. The number of nitrogens with one attached hydrogen (secondary N) is 1. The minimum Gasteiger partial charge on any atom is -0.295 e. The van der Waals surface area contributed by atoms with E-state index in [9.17, 15) is 14.4 Å². The highest BCUT2D eigenvalue weighted by Crippen LogP contribution is 2.34. The normalized spacial score (nSPS) is 11.0. The summed E-state index contributed by atoms with van der Waals surface area (Å²) in [6, 6.07) is 13.2. The van der Waals surface area contributed by atoms with Gasteiger partial charge in [-0.3, -0.25) is 24.3 Å². The topological polar surface area (TPSA) is 81.1 Å². The van der Waals surface area contributed by atoms with Crippen LogP contribution in [0.3, 0.4) is 0 Å². The maximum Gasteiger partial charge on any atom is 0.263 e. The van der Waals surface area contributed by atoms with Gasteiger partial charge >= 0.3 is 0 Å². The third-order valence-electron chi connectivity index (χ3n) is 4.58. The molecule has 4 rings (SSSR count). The van der Waals surface area contributed by atoms with Crippen molar-refractivity contribution >= 4 is 56.5 Å². The lowest BCUT2D eigenvalue weighted by atomic mass is 10.1. The maximum absolute atomic E-state index is 13.1. The van der Waals surface area contributed by atoms with Crippen molar-refractivity contribution in [3.63, 3.8) is 0 Å². The lowest BCUT2D eigenvalue weighted by Gasteiger charge is -2.10. The van der Waals surface area contributed by atoms with Crippen LogP contribution in [0.1, 0.15) is 12.5 Å². The highest BCUT2D eigenvalue weighted by Gasteiger charge is 2.18. The minimum atomic E-state index is -0.409. The van der Waals surface area contributed by atoms with Gasteiger partial charge in [0.1, 0.15) is 4.83 Å². The molecule has 3 aromatic heterocycles. The Bertz CT molecular complexity index is 1280. The Hall–Kier alpha value is -2.75. The first-order chi connectivity index (χ1) is 15.1. The lowest BCUT2D eigenvalue weighted by molar-refractivity contribution is -0.128. The summed E-state index contributed by atoms with van der Waals surface area (Å²) in [6.45, 7) is 2.32. The first-order valence-electron chi connectivity index (χ1n) is 9.62. The van der Waals surface area contributed by atoms with Crippen LogP contribution >= 0.6 is 34.4 Å². The number of thiophene rings is 2. The van der Waals surface area contributed by atoms with Crippen molar-refractivity contribution in [3.05, 3.63) is 69.1 Å². The van der Waals surface area contributed by atoms with Gasteiger partial charge in [0.15, 0.2) is 5.16 Å². The van der Waals surface area contributed by atoms with Gasteiger partial charge in [-0.15, -0.1) is 22.7 Å². The number of fused-ring (bicyclic) bond motifs is 1. The average molecular weight is 470 g/mol. The number of carbonyl (C=O) groups is 2. The third-order valence-corrected chi connectivity index (χ3v) is 7.33. The van der Waals surface area contributed by atoms with Crippen LogP contribution in [0.15, 0.2) is 63.2 Å². The Kier molecular flexibility index (Phi) is 6.64. The molecule has 0 unspecified atom stereocenters. The van der Waals surface area contributed by atoms with Crippen molar-refractivity contribution in [2.75, 3.05) is 5.75 Å². The Morgan fingerprint density at radius 1 is 1.10 bits per heavy atom. The van der Waals surface area contributed by atoms with Gasteiger partial charge in [0, 0.05) is 22.4 Å². The van der Waals surface area contributed by atoms with Crippen molar-refractivity contribution in [2.24, 2.45) is 0 Å². The standard InChI is InChI=1S/C22H19N3O3S3/c1-2-25-21(28)19-15(16-9-6-10-29-16)12-30-20(19)24-22(25)31-13-18(27)23-17(26)11-14-7-4-3-5-8-14/h3-10,12H,2,11,13H2,1H3,(H,23,26,27). The summed E-state index contributed by atoms with van der Waals surface area (Å²) in [5.74, 6) is -0.762. The molecule has 158 valence electrons. The van der Waals surface area contributed by atoms with Gasteiger partial charge in [-0.05, 0) is 23.9 Å². The molecule has 2 amide bonds. The van der Waals surface area contributed by atoms with E-state index in [-0.39, 0.29) is 23.6 Å². The van der Waals surface area contributed by atoms with Crippen LogP contribution < -0.4 is 10.9 Å². The van der Waals surface area contributed by atoms with E-state index in [4.69, 9.17) is 0 Å². The number of hydrogen-bond donors (Lipinski definition) is 1. The van der Waals surface area contributed by atoms with E-state index in [1.165, 1.54) is 11.3 Å². The number of hydrogen-bond acceptors (Lipinski definition) is 7. The highest BCUT2D eigenvalue weighted by atomic mass is 32.2. The molecule has 0 radical (unpaired) electrons. The molecule has 0 aliphatic heterocycles. The molecule has 0 saturated heterocycles. The fraction of sp³-hybridized carbons (Fsp3) is 0.182. The van der Waals surface area contributed by atoms with Crippen LogP contribution in [0, 0.1) is 0 Å². The van der Waals surface area contributed by atoms with Crippen molar-refractivity contribution in [2.45, 2.75) is 25.0 Å². The SMILES string of the molecule is CCn1c(SCC(=O)NC(=O)Cc2ccccc2)nc2scc(-c3cccs3)c2c1=O. The summed E-state index contributed by atoms with van der Waals surface area (Å²) in [5, 5.41) is 7.42. The first kappa shape index (κ1) is 21.5. The van der Waals surface area contributed by atoms with Crippen molar-refractivity contribution in [3.8, 4) is 10.4 Å². The zero-order chi connectivity index (χ0) is 21.8. The van der Waals surface area contributed by atoms with Gasteiger partial charge in [-0.25, -0.2) is 4.98 Å². The molecule has 9 heteroatoms. The van der Waals surface area contributed by atoms with Crippen molar-refractivity contribution in [1.29, 1.82) is 0 Å². The number of aromatic nitrogens is 2. The van der Waals surface area contributed by atoms with E-state index in [1.54, 1.807) is 15.9 Å². The second kappa shape index (κ2) is 9.59. The van der Waals surface area contributed by atoms with Crippen LogP contribution in [0.25, 0.3) is 20.7 Å². The maximum atomic E-state index is 13.1. The number of carbonyl (C=O) groups excluding carboxylic acids is 2. The molecule has 0 aliphatic rings. The van der Waals surface area contributed by atoms with Crippen LogP contribution in [-0.2, 0) is 22.6 Å². The monoisotopic (exact) mass is 469 g/mol. The van der Waals surface area contributed by atoms with E-state index in [0.717, 1.165) is 27.8 Å². The van der Waals surface area contributed by atoms with Gasteiger partial charge in [0.2, 0.25) is 11.8 Å². The van der Waals surface area contributed by atoms with Gasteiger partial charge < -0.3 is 0 Å². The van der Waals surface area contributed by atoms with Crippen molar-refractivity contribution < 1.29 is 9.59 Å². The van der Waals surface area contributed by atoms with Gasteiger partial charge in [0.25, 0.3) is 5.56 Å². The molecule has 6 nitrogen and oxygen atoms in total. The average Bonchev–Trinajstić information content (AvgIpc) is 3.42. The van der Waals surface area contributed by atoms with Gasteiger partial charge in [0.05, 0.1) is 17.6 Å². The predicted octanol–water partition coefficient (Wildman–Crippen LogP) is 4.18. The second-order valence-corrected chi connectivity index (χ2v) is 9.42. The number of amides is 2. The van der Waals surface area contributed by atoms with Gasteiger partial charge in [-0.1, -0.05) is 48.2 Å². The van der Waals surface area contributed by atoms with E-state index in [2.05, 4.69) is 10.3 Å². The largest absolute Gasteiger partial charge is 0.295 e. The summed E-state index contributed by atoms with van der Waals surface area (Å²) in [7, 11) is 0. The highest BCUT2D eigenvalue weighted by molar-refractivity contribution is 7.99. The molecule has 1 N–H and O–H groups in total. The zero-order valence-corrected chi connectivity index (χ0v) is 19.1. The number of benzene rings is 1. The third kappa shape index (κ3) is 4.79. The lowest BCUT2D eigenvalue weighted by Crippen LogP contribution is -2.33. The number of nitrogens with zero attached hydrogens (tertiary/aromatic N) is 2. The van der Waals surface area contributed by atoms with Gasteiger partial charge in [-0.2, -0.15) is 0 Å². The van der Waals surface area contributed by atoms with E-state index >= 15 is 0 Å². The second-order valence-electron chi connectivity index (χ2n) is 6.67. The molecule has 31 heavy (non-hydrogen) atoms. The summed E-state index contributed by atoms with van der Waals surface area (Å²) in [4.78, 5) is 43.8. The first-order valence-corrected chi connectivity index (χ1v) is 12.4. The summed E-state index contributed by atoms with van der Waals surface area (Å²) in [6.07, 6.45) is 0.141. The molecule has 3 heterocycles.